The maximum atomic E-state index is 12.4. The van der Waals surface area contributed by atoms with E-state index in [9.17, 15) is 13.2 Å². The Kier molecular flexibility index (Phi) is 6.63. The standard InChI is InChI=1S/C23H30N2O3S/c1-17-8-4-5-11-22(17)25(29(3,27)28)15-7-12-23(26)24-18(2)20-14-13-19-9-6-10-21(19)16-20/h4-5,8,11,13-14,16,18H,6-7,9-10,12,15H2,1-3H3,(H,24,26)/t18-/m0/s1. The third kappa shape index (κ3) is 5.38. The summed E-state index contributed by atoms with van der Waals surface area (Å²) in [6.45, 7) is 4.16. The van der Waals surface area contributed by atoms with Gasteiger partial charge in [-0.05, 0) is 67.9 Å². The normalized spacial score (nSPS) is 14.3. The maximum Gasteiger partial charge on any atom is 0.232 e. The molecular formula is C23H30N2O3S. The minimum Gasteiger partial charge on any atom is -0.350 e. The van der Waals surface area contributed by atoms with Gasteiger partial charge in [0.05, 0.1) is 18.0 Å². The molecule has 1 aliphatic rings. The molecule has 0 heterocycles. The van der Waals surface area contributed by atoms with Crippen LogP contribution in [-0.2, 0) is 27.7 Å². The average molecular weight is 415 g/mol. The van der Waals surface area contributed by atoms with Crippen molar-refractivity contribution < 1.29 is 13.2 Å². The number of carbonyl (C=O) groups is 1. The molecule has 0 saturated carbocycles. The predicted molar refractivity (Wildman–Crippen MR) is 118 cm³/mol. The summed E-state index contributed by atoms with van der Waals surface area (Å²) in [5.74, 6) is -0.0590. The van der Waals surface area contributed by atoms with Crippen LogP contribution in [-0.4, -0.2) is 27.1 Å². The number of anilines is 1. The lowest BCUT2D eigenvalue weighted by Crippen LogP contribution is -2.33. The monoisotopic (exact) mass is 414 g/mol. The Balaban J connectivity index is 1.56. The summed E-state index contributed by atoms with van der Waals surface area (Å²) in [5, 5.41) is 3.04. The van der Waals surface area contributed by atoms with Crippen molar-refractivity contribution in [3.63, 3.8) is 0 Å². The van der Waals surface area contributed by atoms with Gasteiger partial charge in [0, 0.05) is 13.0 Å². The molecule has 1 amide bonds. The maximum absolute atomic E-state index is 12.4. The zero-order chi connectivity index (χ0) is 21.0. The minimum atomic E-state index is -3.41. The smallest absolute Gasteiger partial charge is 0.232 e. The number of benzene rings is 2. The van der Waals surface area contributed by atoms with Gasteiger partial charge in [-0.2, -0.15) is 0 Å². The van der Waals surface area contributed by atoms with Crippen LogP contribution in [0.3, 0.4) is 0 Å². The second kappa shape index (κ2) is 8.99. The quantitative estimate of drug-likeness (QED) is 0.712. The van der Waals surface area contributed by atoms with Crippen molar-refractivity contribution in [1.82, 2.24) is 5.32 Å². The van der Waals surface area contributed by atoms with E-state index in [0.29, 0.717) is 12.1 Å². The number of amides is 1. The molecule has 1 aliphatic carbocycles. The highest BCUT2D eigenvalue weighted by Gasteiger charge is 2.20. The second-order valence-corrected chi connectivity index (χ2v) is 9.80. The zero-order valence-electron chi connectivity index (χ0n) is 17.4. The van der Waals surface area contributed by atoms with Crippen molar-refractivity contribution in [3.05, 3.63) is 64.7 Å². The van der Waals surface area contributed by atoms with Gasteiger partial charge < -0.3 is 5.32 Å². The molecule has 6 heteroatoms. The van der Waals surface area contributed by atoms with Gasteiger partial charge in [0.25, 0.3) is 0 Å². The first-order chi connectivity index (χ1) is 13.8. The van der Waals surface area contributed by atoms with Crippen LogP contribution >= 0.6 is 0 Å². The Morgan fingerprint density at radius 2 is 1.86 bits per heavy atom. The van der Waals surface area contributed by atoms with E-state index >= 15 is 0 Å². The van der Waals surface area contributed by atoms with Gasteiger partial charge in [0.1, 0.15) is 0 Å². The van der Waals surface area contributed by atoms with Crippen molar-refractivity contribution >= 4 is 21.6 Å². The lowest BCUT2D eigenvalue weighted by molar-refractivity contribution is -0.121. The predicted octanol–water partition coefficient (Wildman–Crippen LogP) is 3.91. The Bertz CT molecular complexity index is 985. The number of aryl methyl sites for hydroxylation is 3. The number of rotatable bonds is 8. The number of para-hydroxylation sites is 1. The van der Waals surface area contributed by atoms with Gasteiger partial charge in [-0.1, -0.05) is 36.4 Å². The molecule has 0 fully saturated rings. The van der Waals surface area contributed by atoms with Gasteiger partial charge in [-0.25, -0.2) is 8.42 Å². The van der Waals surface area contributed by atoms with Crippen LogP contribution in [0.25, 0.3) is 0 Å². The molecule has 0 bridgehead atoms. The van der Waals surface area contributed by atoms with E-state index in [1.165, 1.54) is 28.1 Å². The topological polar surface area (TPSA) is 66.5 Å². The van der Waals surface area contributed by atoms with E-state index in [-0.39, 0.29) is 24.9 Å². The van der Waals surface area contributed by atoms with Crippen LogP contribution in [0.4, 0.5) is 5.69 Å². The lowest BCUT2D eigenvalue weighted by atomic mass is 10.0. The first-order valence-electron chi connectivity index (χ1n) is 10.2. The number of nitrogens with zero attached hydrogens (tertiary/aromatic N) is 1. The zero-order valence-corrected chi connectivity index (χ0v) is 18.3. The van der Waals surface area contributed by atoms with E-state index in [1.807, 2.05) is 32.0 Å². The molecule has 0 spiro atoms. The number of sulfonamides is 1. The molecule has 0 aromatic heterocycles. The summed E-state index contributed by atoms with van der Waals surface area (Å²) in [6, 6.07) is 13.8. The molecule has 0 unspecified atom stereocenters. The number of hydrogen-bond acceptors (Lipinski definition) is 3. The summed E-state index contributed by atoms with van der Waals surface area (Å²) in [4.78, 5) is 12.4. The molecule has 0 aliphatic heterocycles. The molecule has 29 heavy (non-hydrogen) atoms. The number of nitrogens with one attached hydrogen (secondary N) is 1. The Hall–Kier alpha value is -2.34. The van der Waals surface area contributed by atoms with Gasteiger partial charge in [-0.3, -0.25) is 9.10 Å². The molecule has 3 rings (SSSR count). The molecule has 2 aromatic rings. The summed E-state index contributed by atoms with van der Waals surface area (Å²) >= 11 is 0. The fraction of sp³-hybridized carbons (Fsp3) is 0.435. The highest BCUT2D eigenvalue weighted by atomic mass is 32.2. The third-order valence-corrected chi connectivity index (χ3v) is 6.73. The molecule has 2 aromatic carbocycles. The molecular weight excluding hydrogens is 384 g/mol. The highest BCUT2D eigenvalue weighted by Crippen LogP contribution is 2.26. The van der Waals surface area contributed by atoms with E-state index in [1.54, 1.807) is 6.07 Å². The minimum absolute atomic E-state index is 0.0590. The van der Waals surface area contributed by atoms with Crippen molar-refractivity contribution in [1.29, 1.82) is 0 Å². The van der Waals surface area contributed by atoms with E-state index in [0.717, 1.165) is 24.0 Å². The summed E-state index contributed by atoms with van der Waals surface area (Å²) in [6.07, 6.45) is 5.42. The molecule has 0 radical (unpaired) electrons. The molecule has 156 valence electrons. The second-order valence-electron chi connectivity index (χ2n) is 7.90. The van der Waals surface area contributed by atoms with E-state index in [4.69, 9.17) is 0 Å². The van der Waals surface area contributed by atoms with E-state index < -0.39 is 10.0 Å². The van der Waals surface area contributed by atoms with Crippen LogP contribution in [0.15, 0.2) is 42.5 Å². The van der Waals surface area contributed by atoms with Crippen LogP contribution in [0.5, 0.6) is 0 Å². The number of fused-ring (bicyclic) bond motifs is 1. The summed E-state index contributed by atoms with van der Waals surface area (Å²) in [7, 11) is -3.41. The summed E-state index contributed by atoms with van der Waals surface area (Å²) < 4.78 is 25.9. The van der Waals surface area contributed by atoms with Crippen molar-refractivity contribution in [2.45, 2.75) is 52.0 Å². The molecule has 5 nitrogen and oxygen atoms in total. The van der Waals surface area contributed by atoms with Crippen LogP contribution < -0.4 is 9.62 Å². The molecule has 1 N–H and O–H groups in total. The average Bonchev–Trinajstić information content (AvgIpc) is 3.13. The third-order valence-electron chi connectivity index (χ3n) is 5.55. The number of hydrogen-bond donors (Lipinski definition) is 1. The van der Waals surface area contributed by atoms with Gasteiger partial charge in [-0.15, -0.1) is 0 Å². The van der Waals surface area contributed by atoms with Gasteiger partial charge in [0.15, 0.2) is 0 Å². The Labute approximate surface area is 174 Å². The van der Waals surface area contributed by atoms with Crippen molar-refractivity contribution in [2.24, 2.45) is 0 Å². The Morgan fingerprint density at radius 3 is 2.59 bits per heavy atom. The SMILES string of the molecule is Cc1ccccc1N(CCCC(=O)N[C@@H](C)c1ccc2c(c1)CCC2)S(C)(=O)=O. The lowest BCUT2D eigenvalue weighted by Gasteiger charge is -2.24. The number of carbonyl (C=O) groups excluding carboxylic acids is 1. The van der Waals surface area contributed by atoms with E-state index in [2.05, 4.69) is 23.5 Å². The largest absolute Gasteiger partial charge is 0.350 e. The highest BCUT2D eigenvalue weighted by molar-refractivity contribution is 7.92. The van der Waals surface area contributed by atoms with Crippen molar-refractivity contribution in [3.8, 4) is 0 Å². The Morgan fingerprint density at radius 1 is 1.14 bits per heavy atom. The van der Waals surface area contributed by atoms with Gasteiger partial charge in [0.2, 0.25) is 15.9 Å². The van der Waals surface area contributed by atoms with Crippen LogP contribution in [0.1, 0.15) is 54.5 Å². The first-order valence-corrected chi connectivity index (χ1v) is 12.0. The first kappa shape index (κ1) is 21.4. The van der Waals surface area contributed by atoms with Crippen LogP contribution in [0, 0.1) is 6.92 Å². The van der Waals surface area contributed by atoms with Crippen molar-refractivity contribution in [2.75, 3.05) is 17.1 Å². The summed E-state index contributed by atoms with van der Waals surface area (Å²) in [5.41, 5.74) is 5.50. The molecule has 0 saturated heterocycles. The van der Waals surface area contributed by atoms with Gasteiger partial charge >= 0.3 is 0 Å². The van der Waals surface area contributed by atoms with Crippen LogP contribution in [0.2, 0.25) is 0 Å². The fourth-order valence-corrected chi connectivity index (χ4v) is 4.97. The molecule has 1 atom stereocenters. The fourth-order valence-electron chi connectivity index (χ4n) is 3.95.